The second kappa shape index (κ2) is 6.32. The molecule has 0 radical (unpaired) electrons. The summed E-state index contributed by atoms with van der Waals surface area (Å²) in [6.07, 6.45) is 2.48. The molecule has 2 N–H and O–H groups in total. The Morgan fingerprint density at radius 3 is 2.91 bits per heavy atom. The number of piperidine rings is 1. The van der Waals surface area contributed by atoms with E-state index < -0.39 is 5.97 Å². The van der Waals surface area contributed by atoms with Crippen molar-refractivity contribution in [1.82, 2.24) is 4.90 Å². The summed E-state index contributed by atoms with van der Waals surface area (Å²) in [5.41, 5.74) is 3.04. The quantitative estimate of drug-likeness (QED) is 0.835. The van der Waals surface area contributed by atoms with E-state index in [1.54, 1.807) is 0 Å². The van der Waals surface area contributed by atoms with Crippen molar-refractivity contribution >= 4 is 17.4 Å². The third kappa shape index (κ3) is 3.24. The molecule has 3 atom stereocenters. The minimum absolute atomic E-state index is 0.0818. The molecule has 1 aromatic rings. The van der Waals surface area contributed by atoms with E-state index in [4.69, 9.17) is 0 Å². The average molecular weight is 316 g/mol. The number of rotatable bonds is 4. The number of nitrogens with zero attached hydrogens (tertiary/aromatic N) is 1. The van der Waals surface area contributed by atoms with Crippen molar-refractivity contribution in [3.63, 3.8) is 0 Å². The fourth-order valence-electron chi connectivity index (χ4n) is 3.67. The van der Waals surface area contributed by atoms with Gasteiger partial charge < -0.3 is 10.4 Å². The third-order valence-corrected chi connectivity index (χ3v) is 5.05. The Labute approximate surface area is 136 Å². The highest BCUT2D eigenvalue weighted by atomic mass is 16.4. The summed E-state index contributed by atoms with van der Waals surface area (Å²) >= 11 is 0. The number of aliphatic carboxylic acids is 1. The minimum atomic E-state index is -0.757. The smallest absolute Gasteiger partial charge is 0.307 e. The largest absolute Gasteiger partial charge is 0.481 e. The average Bonchev–Trinajstić information content (AvgIpc) is 2.92. The number of Topliss-reactive ketones (excluding diaryl/α,β-unsaturated/α-hetero) is 1. The van der Waals surface area contributed by atoms with Crippen LogP contribution in [0.3, 0.4) is 0 Å². The first-order chi connectivity index (χ1) is 11.0. The number of carboxylic acids is 1. The molecule has 1 fully saturated rings. The summed E-state index contributed by atoms with van der Waals surface area (Å²) in [6.45, 7) is 5.27. The number of hydrogen-bond acceptors (Lipinski definition) is 4. The van der Waals surface area contributed by atoms with Crippen molar-refractivity contribution in [1.29, 1.82) is 0 Å². The van der Waals surface area contributed by atoms with E-state index in [0.29, 0.717) is 19.0 Å². The van der Waals surface area contributed by atoms with Gasteiger partial charge in [0.2, 0.25) is 0 Å². The Bertz CT molecular complexity index is 629. The number of nitrogens with one attached hydrogen (secondary N) is 1. The lowest BCUT2D eigenvalue weighted by Crippen LogP contribution is -2.46. The van der Waals surface area contributed by atoms with Crippen LogP contribution >= 0.6 is 0 Å². The summed E-state index contributed by atoms with van der Waals surface area (Å²) in [7, 11) is 0. The van der Waals surface area contributed by atoms with Crippen LogP contribution in [0.1, 0.15) is 42.6 Å². The second-order valence-electron chi connectivity index (χ2n) is 6.83. The molecule has 1 aromatic carbocycles. The van der Waals surface area contributed by atoms with Gasteiger partial charge in [-0.05, 0) is 63.4 Å². The van der Waals surface area contributed by atoms with Crippen molar-refractivity contribution in [2.75, 3.05) is 18.4 Å². The minimum Gasteiger partial charge on any atom is -0.481 e. The van der Waals surface area contributed by atoms with Crippen molar-refractivity contribution in [2.45, 2.75) is 45.2 Å². The number of benzene rings is 1. The monoisotopic (exact) mass is 316 g/mol. The van der Waals surface area contributed by atoms with Crippen LogP contribution in [0.15, 0.2) is 18.2 Å². The molecule has 2 aliphatic rings. The zero-order valence-corrected chi connectivity index (χ0v) is 13.7. The lowest BCUT2D eigenvalue weighted by atomic mass is 9.94. The highest BCUT2D eigenvalue weighted by Gasteiger charge is 2.31. The molecule has 0 aliphatic carbocycles. The molecule has 0 spiro atoms. The van der Waals surface area contributed by atoms with Gasteiger partial charge >= 0.3 is 5.97 Å². The zero-order valence-electron chi connectivity index (χ0n) is 13.7. The van der Waals surface area contributed by atoms with Gasteiger partial charge in [0.25, 0.3) is 0 Å². The number of fused-ring (bicyclic) bond motifs is 1. The Kier molecular flexibility index (Phi) is 4.39. The highest BCUT2D eigenvalue weighted by Crippen LogP contribution is 2.28. The highest BCUT2D eigenvalue weighted by molar-refractivity contribution is 6.00. The molecule has 0 amide bonds. The maximum absolute atomic E-state index is 12.8. The van der Waals surface area contributed by atoms with E-state index in [1.807, 2.05) is 30.0 Å². The van der Waals surface area contributed by atoms with Gasteiger partial charge in [-0.1, -0.05) is 0 Å². The first-order valence-corrected chi connectivity index (χ1v) is 8.36. The Morgan fingerprint density at radius 1 is 1.39 bits per heavy atom. The van der Waals surface area contributed by atoms with Gasteiger partial charge in [0, 0.05) is 23.8 Å². The van der Waals surface area contributed by atoms with Crippen molar-refractivity contribution in [2.24, 2.45) is 5.92 Å². The molecule has 1 saturated heterocycles. The predicted octanol–water partition coefficient (Wildman–Crippen LogP) is 2.41. The van der Waals surface area contributed by atoms with Crippen LogP contribution in [0, 0.1) is 5.92 Å². The van der Waals surface area contributed by atoms with Crippen molar-refractivity contribution in [3.05, 3.63) is 29.3 Å². The molecule has 5 nitrogen and oxygen atoms in total. The van der Waals surface area contributed by atoms with E-state index in [2.05, 4.69) is 12.2 Å². The lowest BCUT2D eigenvalue weighted by Gasteiger charge is -2.34. The topological polar surface area (TPSA) is 69.6 Å². The summed E-state index contributed by atoms with van der Waals surface area (Å²) in [4.78, 5) is 26.0. The van der Waals surface area contributed by atoms with E-state index in [0.717, 1.165) is 30.6 Å². The molecule has 23 heavy (non-hydrogen) atoms. The second-order valence-corrected chi connectivity index (χ2v) is 6.83. The van der Waals surface area contributed by atoms with Crippen LogP contribution in [0.5, 0.6) is 0 Å². The summed E-state index contributed by atoms with van der Waals surface area (Å²) in [5, 5.41) is 12.6. The van der Waals surface area contributed by atoms with Crippen LogP contribution in [0.2, 0.25) is 0 Å². The first-order valence-electron chi connectivity index (χ1n) is 8.36. The molecule has 0 saturated carbocycles. The van der Waals surface area contributed by atoms with Crippen LogP contribution in [-0.4, -0.2) is 46.9 Å². The van der Waals surface area contributed by atoms with Gasteiger partial charge in [0.15, 0.2) is 5.78 Å². The number of likely N-dealkylation sites (tertiary alicyclic amines) is 1. The van der Waals surface area contributed by atoms with Gasteiger partial charge in [-0.2, -0.15) is 0 Å². The SMILES string of the molecule is CC1Cc2cc(C(=O)C(C)N3CCCC(C(=O)O)C3)ccc2N1. The van der Waals surface area contributed by atoms with Crippen molar-refractivity contribution < 1.29 is 14.7 Å². The van der Waals surface area contributed by atoms with E-state index >= 15 is 0 Å². The van der Waals surface area contributed by atoms with Gasteiger partial charge in [-0.15, -0.1) is 0 Å². The van der Waals surface area contributed by atoms with Crippen LogP contribution in [-0.2, 0) is 11.2 Å². The Balaban J connectivity index is 1.72. The third-order valence-electron chi connectivity index (χ3n) is 5.05. The predicted molar refractivity (Wildman–Crippen MR) is 89.0 cm³/mol. The Hall–Kier alpha value is -1.88. The van der Waals surface area contributed by atoms with Gasteiger partial charge in [-0.3, -0.25) is 14.5 Å². The number of anilines is 1. The fraction of sp³-hybridized carbons (Fsp3) is 0.556. The molecule has 0 bridgehead atoms. The van der Waals surface area contributed by atoms with Gasteiger partial charge in [-0.25, -0.2) is 0 Å². The number of carbonyl (C=O) groups excluding carboxylic acids is 1. The zero-order chi connectivity index (χ0) is 16.6. The van der Waals surface area contributed by atoms with E-state index in [9.17, 15) is 14.7 Å². The molecule has 2 heterocycles. The number of hydrogen-bond donors (Lipinski definition) is 2. The summed E-state index contributed by atoms with van der Waals surface area (Å²) < 4.78 is 0. The Morgan fingerprint density at radius 2 is 2.17 bits per heavy atom. The lowest BCUT2D eigenvalue weighted by molar-refractivity contribution is -0.143. The fourth-order valence-corrected chi connectivity index (χ4v) is 3.67. The molecular weight excluding hydrogens is 292 g/mol. The molecule has 124 valence electrons. The standard InChI is InChI=1S/C18H24N2O3/c1-11-8-15-9-13(5-6-16(15)19-11)17(21)12(2)20-7-3-4-14(10-20)18(22)23/h5-6,9,11-12,14,19H,3-4,7-8,10H2,1-2H3,(H,22,23). The maximum atomic E-state index is 12.8. The van der Waals surface area contributed by atoms with Crippen LogP contribution < -0.4 is 5.32 Å². The summed E-state index contributed by atoms with van der Waals surface area (Å²) in [5.74, 6) is -1.03. The number of carboxylic acid groups (broad SMARTS) is 1. The van der Waals surface area contributed by atoms with Gasteiger partial charge in [0.05, 0.1) is 12.0 Å². The van der Waals surface area contributed by atoms with Crippen LogP contribution in [0.25, 0.3) is 0 Å². The maximum Gasteiger partial charge on any atom is 0.307 e. The molecule has 0 aromatic heterocycles. The van der Waals surface area contributed by atoms with E-state index in [-0.39, 0.29) is 17.7 Å². The van der Waals surface area contributed by atoms with Crippen molar-refractivity contribution in [3.8, 4) is 0 Å². The first kappa shape index (κ1) is 16.0. The molecular formula is C18H24N2O3. The molecule has 3 rings (SSSR count). The van der Waals surface area contributed by atoms with Gasteiger partial charge in [0.1, 0.15) is 0 Å². The molecule has 5 heteroatoms. The normalized spacial score (nSPS) is 25.5. The number of ketones is 1. The summed E-state index contributed by atoms with van der Waals surface area (Å²) in [6, 6.07) is 5.98. The molecule has 3 unspecified atom stereocenters. The number of carbonyl (C=O) groups is 2. The molecule has 2 aliphatic heterocycles. The van der Waals surface area contributed by atoms with E-state index in [1.165, 1.54) is 5.56 Å². The van der Waals surface area contributed by atoms with Crippen LogP contribution in [0.4, 0.5) is 5.69 Å².